The lowest BCUT2D eigenvalue weighted by atomic mass is 10.1. The highest BCUT2D eigenvalue weighted by Gasteiger charge is 2.07. The van der Waals surface area contributed by atoms with Crippen LogP contribution < -0.4 is 5.73 Å². The topological polar surface area (TPSA) is 77.6 Å². The van der Waals surface area contributed by atoms with Crippen molar-refractivity contribution in [2.45, 2.75) is 0 Å². The summed E-state index contributed by atoms with van der Waals surface area (Å²) in [7, 11) is 0. The van der Waals surface area contributed by atoms with Gasteiger partial charge in [-0.25, -0.2) is 4.98 Å². The minimum absolute atomic E-state index is 0.370. The van der Waals surface area contributed by atoms with Crippen LogP contribution in [0.5, 0.6) is 0 Å². The predicted molar refractivity (Wildman–Crippen MR) is 77.9 cm³/mol. The summed E-state index contributed by atoms with van der Waals surface area (Å²) in [5.41, 5.74) is 8.90. The zero-order valence-corrected chi connectivity index (χ0v) is 11.1. The molecule has 98 valence electrons. The van der Waals surface area contributed by atoms with Gasteiger partial charge in [0.25, 0.3) is 0 Å². The minimum atomic E-state index is 0.370. The zero-order chi connectivity index (χ0) is 13.9. The van der Waals surface area contributed by atoms with E-state index in [0.717, 1.165) is 16.7 Å². The molecular weight excluding hydrogens is 274 g/mol. The highest BCUT2D eigenvalue weighted by molar-refractivity contribution is 6.33. The second-order valence-corrected chi connectivity index (χ2v) is 4.55. The van der Waals surface area contributed by atoms with Crippen LogP contribution in [0.2, 0.25) is 5.02 Å². The predicted octanol–water partition coefficient (Wildman–Crippen LogP) is 2.84. The molecule has 6 heteroatoms. The van der Waals surface area contributed by atoms with Crippen molar-refractivity contribution in [1.82, 2.24) is 19.9 Å². The minimum Gasteiger partial charge on any atom is -0.382 e. The van der Waals surface area contributed by atoms with E-state index in [-0.39, 0.29) is 0 Å². The third-order valence-corrected chi connectivity index (χ3v) is 3.07. The van der Waals surface area contributed by atoms with Gasteiger partial charge < -0.3 is 5.73 Å². The first-order valence-corrected chi connectivity index (χ1v) is 6.24. The van der Waals surface area contributed by atoms with E-state index in [4.69, 9.17) is 17.3 Å². The van der Waals surface area contributed by atoms with Crippen molar-refractivity contribution in [3.63, 3.8) is 0 Å². The Bertz CT molecular complexity index is 760. The molecule has 3 aromatic rings. The normalized spacial score (nSPS) is 10.4. The first kappa shape index (κ1) is 12.5. The molecule has 0 unspecified atom stereocenters. The second kappa shape index (κ2) is 5.22. The standard InChI is InChI=1S/C14H10ClN5/c15-12-6-17-2-1-11(12)9-3-10(5-18-4-9)13-7-19-8-14(16)20-13/h1-8H,(H2,16,20). The van der Waals surface area contributed by atoms with Gasteiger partial charge in [-0.3, -0.25) is 15.0 Å². The van der Waals surface area contributed by atoms with Crippen molar-refractivity contribution in [2.24, 2.45) is 0 Å². The Kier molecular flexibility index (Phi) is 3.26. The van der Waals surface area contributed by atoms with Crippen molar-refractivity contribution in [2.75, 3.05) is 5.73 Å². The number of halogens is 1. The average molecular weight is 284 g/mol. The van der Waals surface area contributed by atoms with Crippen LogP contribution in [0, 0.1) is 0 Å². The lowest BCUT2D eigenvalue weighted by Gasteiger charge is -2.06. The van der Waals surface area contributed by atoms with Crippen LogP contribution in [0.1, 0.15) is 0 Å². The van der Waals surface area contributed by atoms with Crippen LogP contribution in [0.4, 0.5) is 5.82 Å². The molecule has 3 aromatic heterocycles. The Balaban J connectivity index is 2.09. The molecule has 0 aliphatic heterocycles. The maximum absolute atomic E-state index is 6.14. The van der Waals surface area contributed by atoms with Crippen molar-refractivity contribution in [3.8, 4) is 22.4 Å². The summed E-state index contributed by atoms with van der Waals surface area (Å²) < 4.78 is 0. The van der Waals surface area contributed by atoms with Gasteiger partial charge >= 0.3 is 0 Å². The number of rotatable bonds is 2. The first-order valence-electron chi connectivity index (χ1n) is 5.87. The number of nitrogens with zero attached hydrogens (tertiary/aromatic N) is 4. The molecule has 0 atom stereocenters. The molecule has 0 spiro atoms. The van der Waals surface area contributed by atoms with Gasteiger partial charge in [0.2, 0.25) is 0 Å². The van der Waals surface area contributed by atoms with Gasteiger partial charge in [0.1, 0.15) is 5.82 Å². The lowest BCUT2D eigenvalue weighted by molar-refractivity contribution is 1.20. The molecule has 0 aromatic carbocycles. The molecule has 3 heterocycles. The van der Waals surface area contributed by atoms with Crippen LogP contribution >= 0.6 is 11.6 Å². The summed E-state index contributed by atoms with van der Waals surface area (Å²) in [4.78, 5) is 16.5. The van der Waals surface area contributed by atoms with E-state index in [0.29, 0.717) is 16.5 Å². The molecule has 2 N–H and O–H groups in total. The van der Waals surface area contributed by atoms with Crippen LogP contribution in [-0.2, 0) is 0 Å². The monoisotopic (exact) mass is 283 g/mol. The van der Waals surface area contributed by atoms with Gasteiger partial charge in [-0.05, 0) is 12.1 Å². The maximum Gasteiger partial charge on any atom is 0.142 e. The lowest BCUT2D eigenvalue weighted by Crippen LogP contribution is -1.94. The largest absolute Gasteiger partial charge is 0.382 e. The van der Waals surface area contributed by atoms with Crippen LogP contribution in [-0.4, -0.2) is 19.9 Å². The van der Waals surface area contributed by atoms with Gasteiger partial charge in [0, 0.05) is 41.5 Å². The van der Waals surface area contributed by atoms with Crippen molar-refractivity contribution < 1.29 is 0 Å². The SMILES string of the molecule is Nc1cncc(-c2cncc(-c3ccncc3Cl)c2)n1. The van der Waals surface area contributed by atoms with E-state index >= 15 is 0 Å². The molecule has 0 aliphatic rings. The number of nitrogen functional groups attached to an aromatic ring is 1. The Morgan fingerprint density at radius 2 is 1.70 bits per heavy atom. The van der Waals surface area contributed by atoms with E-state index in [1.807, 2.05) is 12.1 Å². The Hall–Kier alpha value is -2.53. The van der Waals surface area contributed by atoms with Gasteiger partial charge in [0.05, 0.1) is 23.1 Å². The Morgan fingerprint density at radius 1 is 0.900 bits per heavy atom. The molecule has 0 saturated carbocycles. The fraction of sp³-hybridized carbons (Fsp3) is 0. The molecule has 0 aliphatic carbocycles. The second-order valence-electron chi connectivity index (χ2n) is 4.15. The summed E-state index contributed by atoms with van der Waals surface area (Å²) in [6.45, 7) is 0. The van der Waals surface area contributed by atoms with Gasteiger partial charge in [0.15, 0.2) is 0 Å². The summed E-state index contributed by atoms with van der Waals surface area (Å²) in [5.74, 6) is 0.370. The molecule has 3 rings (SSSR count). The van der Waals surface area contributed by atoms with Crippen molar-refractivity contribution >= 4 is 17.4 Å². The van der Waals surface area contributed by atoms with E-state index < -0.39 is 0 Å². The van der Waals surface area contributed by atoms with Crippen molar-refractivity contribution in [3.05, 3.63) is 54.3 Å². The number of nitrogens with two attached hydrogens (primary N) is 1. The third-order valence-electron chi connectivity index (χ3n) is 2.77. The van der Waals surface area contributed by atoms with E-state index in [9.17, 15) is 0 Å². The van der Waals surface area contributed by atoms with Crippen LogP contribution in [0.15, 0.2) is 49.3 Å². The number of aromatic nitrogens is 4. The Labute approximate surface area is 120 Å². The van der Waals surface area contributed by atoms with Gasteiger partial charge in [-0.2, -0.15) is 0 Å². The molecule has 0 saturated heterocycles. The van der Waals surface area contributed by atoms with E-state index in [1.54, 1.807) is 31.0 Å². The molecule has 0 amide bonds. The van der Waals surface area contributed by atoms with Gasteiger partial charge in [-0.15, -0.1) is 0 Å². The fourth-order valence-corrected chi connectivity index (χ4v) is 2.09. The summed E-state index contributed by atoms with van der Waals surface area (Å²) in [6.07, 6.45) is 9.89. The molecule has 0 fully saturated rings. The first-order chi connectivity index (χ1) is 9.74. The van der Waals surface area contributed by atoms with E-state index in [2.05, 4.69) is 19.9 Å². The van der Waals surface area contributed by atoms with Crippen LogP contribution in [0.25, 0.3) is 22.4 Å². The highest BCUT2D eigenvalue weighted by Crippen LogP contribution is 2.28. The maximum atomic E-state index is 6.14. The summed E-state index contributed by atoms with van der Waals surface area (Å²) in [6, 6.07) is 3.78. The third kappa shape index (κ3) is 2.44. The quantitative estimate of drug-likeness (QED) is 0.782. The summed E-state index contributed by atoms with van der Waals surface area (Å²) in [5, 5.41) is 0.574. The number of hydrogen-bond donors (Lipinski definition) is 1. The molecule has 20 heavy (non-hydrogen) atoms. The summed E-state index contributed by atoms with van der Waals surface area (Å²) >= 11 is 6.14. The average Bonchev–Trinajstić information content (AvgIpc) is 2.48. The zero-order valence-electron chi connectivity index (χ0n) is 10.4. The van der Waals surface area contributed by atoms with Crippen LogP contribution in [0.3, 0.4) is 0 Å². The number of anilines is 1. The fourth-order valence-electron chi connectivity index (χ4n) is 1.86. The highest BCUT2D eigenvalue weighted by atomic mass is 35.5. The van der Waals surface area contributed by atoms with Gasteiger partial charge in [-0.1, -0.05) is 11.6 Å². The molecule has 5 nitrogen and oxygen atoms in total. The molecule has 0 radical (unpaired) electrons. The number of pyridine rings is 2. The Morgan fingerprint density at radius 3 is 2.50 bits per heavy atom. The molecular formula is C14H10ClN5. The molecule has 0 bridgehead atoms. The van der Waals surface area contributed by atoms with Crippen molar-refractivity contribution in [1.29, 1.82) is 0 Å². The smallest absolute Gasteiger partial charge is 0.142 e. The number of hydrogen-bond acceptors (Lipinski definition) is 5. The van der Waals surface area contributed by atoms with E-state index in [1.165, 1.54) is 6.20 Å².